The van der Waals surface area contributed by atoms with Gasteiger partial charge in [-0.2, -0.15) is 0 Å². The first-order valence-electron chi connectivity index (χ1n) is 5.04. The number of aromatic hydroxyl groups is 1. The molecular weight excluding hydrogens is 228 g/mol. The van der Waals surface area contributed by atoms with Crippen molar-refractivity contribution in [2.24, 2.45) is 0 Å². The Morgan fingerprint density at radius 3 is 2.29 bits per heavy atom. The van der Waals surface area contributed by atoms with Crippen LogP contribution in [0.1, 0.15) is 31.7 Å². The Bertz CT molecular complexity index is 472. The van der Waals surface area contributed by atoms with Gasteiger partial charge in [0.2, 0.25) is 0 Å². The van der Waals surface area contributed by atoms with Crippen LogP contribution in [0.3, 0.4) is 0 Å². The van der Waals surface area contributed by atoms with Crippen LogP contribution in [0, 0.1) is 20.2 Å². The Morgan fingerprint density at radius 1 is 1.29 bits per heavy atom. The summed E-state index contributed by atoms with van der Waals surface area (Å²) in [5.74, 6) is -0.918. The molecule has 0 saturated carbocycles. The Morgan fingerprint density at radius 2 is 1.88 bits per heavy atom. The van der Waals surface area contributed by atoms with Gasteiger partial charge in [0, 0.05) is 6.07 Å². The third-order valence-electron chi connectivity index (χ3n) is 2.66. The van der Waals surface area contributed by atoms with Crippen LogP contribution in [0.15, 0.2) is 12.1 Å². The second-order valence-electron chi connectivity index (χ2n) is 3.69. The molecule has 92 valence electrons. The molecule has 0 aliphatic heterocycles. The lowest BCUT2D eigenvalue weighted by Crippen LogP contribution is -2.04. The van der Waals surface area contributed by atoms with Crippen LogP contribution in [0.5, 0.6) is 5.75 Å². The Labute approximate surface area is 97.0 Å². The second kappa shape index (κ2) is 4.77. The smallest absolute Gasteiger partial charge is 0.321 e. The van der Waals surface area contributed by atoms with Crippen LogP contribution in [0.2, 0.25) is 0 Å². The van der Waals surface area contributed by atoms with Gasteiger partial charge in [-0.15, -0.1) is 0 Å². The van der Waals surface area contributed by atoms with Gasteiger partial charge in [-0.1, -0.05) is 13.8 Å². The first-order chi connectivity index (χ1) is 7.90. The van der Waals surface area contributed by atoms with Crippen molar-refractivity contribution in [1.82, 2.24) is 0 Å². The topological polar surface area (TPSA) is 107 Å². The van der Waals surface area contributed by atoms with Crippen molar-refractivity contribution in [1.29, 1.82) is 0 Å². The molecule has 7 heteroatoms. The molecule has 0 aromatic heterocycles. The van der Waals surface area contributed by atoms with Gasteiger partial charge in [-0.25, -0.2) is 0 Å². The molecular formula is C10H12N2O5. The minimum atomic E-state index is -0.788. The van der Waals surface area contributed by atoms with Crippen molar-refractivity contribution in [3.05, 3.63) is 37.9 Å². The van der Waals surface area contributed by atoms with Gasteiger partial charge in [0.1, 0.15) is 5.56 Å². The Kier molecular flexibility index (Phi) is 3.62. The average Bonchev–Trinajstić information content (AvgIpc) is 2.26. The summed E-state index contributed by atoms with van der Waals surface area (Å²) >= 11 is 0. The molecule has 0 heterocycles. The molecule has 0 fully saturated rings. The molecule has 7 nitrogen and oxygen atoms in total. The van der Waals surface area contributed by atoms with Gasteiger partial charge in [0.05, 0.1) is 9.85 Å². The van der Waals surface area contributed by atoms with Gasteiger partial charge in [0.25, 0.3) is 5.69 Å². The highest BCUT2D eigenvalue weighted by Gasteiger charge is 2.31. The predicted molar refractivity (Wildman–Crippen MR) is 60.1 cm³/mol. The zero-order valence-electron chi connectivity index (χ0n) is 9.41. The fourth-order valence-electron chi connectivity index (χ4n) is 1.63. The van der Waals surface area contributed by atoms with Crippen molar-refractivity contribution in [2.75, 3.05) is 0 Å². The van der Waals surface area contributed by atoms with Crippen molar-refractivity contribution >= 4 is 11.4 Å². The van der Waals surface area contributed by atoms with E-state index in [1.165, 1.54) is 0 Å². The third-order valence-corrected chi connectivity index (χ3v) is 2.66. The minimum Gasteiger partial charge on any atom is -0.502 e. The predicted octanol–water partition coefficient (Wildman–Crippen LogP) is 2.72. The Balaban J connectivity index is 3.61. The van der Waals surface area contributed by atoms with Crippen molar-refractivity contribution < 1.29 is 15.0 Å². The zero-order chi connectivity index (χ0) is 13.2. The molecule has 17 heavy (non-hydrogen) atoms. The van der Waals surface area contributed by atoms with Crippen LogP contribution in [-0.2, 0) is 0 Å². The number of phenolic OH excluding ortho intramolecular Hbond substituents is 1. The van der Waals surface area contributed by atoms with Crippen LogP contribution < -0.4 is 0 Å². The quantitative estimate of drug-likeness (QED) is 0.643. The second-order valence-corrected chi connectivity index (χ2v) is 3.69. The largest absolute Gasteiger partial charge is 0.502 e. The van der Waals surface area contributed by atoms with Crippen molar-refractivity contribution in [3.63, 3.8) is 0 Å². The molecule has 1 N–H and O–H groups in total. The maximum absolute atomic E-state index is 10.9. The van der Waals surface area contributed by atoms with Gasteiger partial charge in [-0.3, -0.25) is 20.2 Å². The lowest BCUT2D eigenvalue weighted by Gasteiger charge is -2.10. The van der Waals surface area contributed by atoms with E-state index >= 15 is 0 Å². The van der Waals surface area contributed by atoms with E-state index in [-0.39, 0.29) is 17.2 Å². The highest BCUT2D eigenvalue weighted by molar-refractivity contribution is 5.62. The zero-order valence-corrected chi connectivity index (χ0v) is 9.41. The van der Waals surface area contributed by atoms with E-state index in [0.29, 0.717) is 6.42 Å². The highest BCUT2D eigenvalue weighted by atomic mass is 16.6. The van der Waals surface area contributed by atoms with E-state index in [1.54, 1.807) is 13.8 Å². The van der Waals surface area contributed by atoms with E-state index in [4.69, 9.17) is 0 Å². The number of hydrogen-bond acceptors (Lipinski definition) is 5. The fourth-order valence-corrected chi connectivity index (χ4v) is 1.63. The van der Waals surface area contributed by atoms with E-state index in [1.807, 2.05) is 0 Å². The summed E-state index contributed by atoms with van der Waals surface area (Å²) in [5.41, 5.74) is -0.931. The molecule has 1 aromatic rings. The molecule has 1 aromatic carbocycles. The number of hydrogen-bond donors (Lipinski definition) is 1. The fraction of sp³-hybridized carbons (Fsp3) is 0.400. The number of benzene rings is 1. The van der Waals surface area contributed by atoms with Gasteiger partial charge >= 0.3 is 5.69 Å². The molecule has 0 bridgehead atoms. The van der Waals surface area contributed by atoms with E-state index in [9.17, 15) is 25.3 Å². The van der Waals surface area contributed by atoms with Crippen molar-refractivity contribution in [3.8, 4) is 5.75 Å². The number of phenols is 1. The highest BCUT2D eigenvalue weighted by Crippen LogP contribution is 2.41. The third kappa shape index (κ3) is 2.32. The van der Waals surface area contributed by atoms with Crippen molar-refractivity contribution in [2.45, 2.75) is 26.2 Å². The summed E-state index contributed by atoms with van der Waals surface area (Å²) in [6.45, 7) is 3.41. The molecule has 0 saturated heterocycles. The van der Waals surface area contributed by atoms with E-state index in [2.05, 4.69) is 0 Å². The number of nitro groups is 2. The molecule has 0 amide bonds. The molecule has 0 spiro atoms. The lowest BCUT2D eigenvalue weighted by molar-refractivity contribution is -0.396. The summed E-state index contributed by atoms with van der Waals surface area (Å²) in [5, 5.41) is 31.1. The van der Waals surface area contributed by atoms with Crippen LogP contribution in [0.25, 0.3) is 0 Å². The summed E-state index contributed by atoms with van der Waals surface area (Å²) in [6.07, 6.45) is 0.505. The monoisotopic (exact) mass is 240 g/mol. The molecule has 1 atom stereocenters. The minimum absolute atomic E-state index is 0.0255. The van der Waals surface area contributed by atoms with E-state index in [0.717, 1.165) is 12.1 Å². The van der Waals surface area contributed by atoms with Gasteiger partial charge < -0.3 is 5.11 Å². The maximum Gasteiger partial charge on any atom is 0.321 e. The summed E-state index contributed by atoms with van der Waals surface area (Å²) < 4.78 is 0. The summed E-state index contributed by atoms with van der Waals surface area (Å²) in [6, 6.07) is 2.06. The van der Waals surface area contributed by atoms with Crippen LogP contribution >= 0.6 is 0 Å². The van der Waals surface area contributed by atoms with Gasteiger partial charge in [-0.05, 0) is 18.4 Å². The summed E-state index contributed by atoms with van der Waals surface area (Å²) in [7, 11) is 0. The van der Waals surface area contributed by atoms with Crippen LogP contribution in [0.4, 0.5) is 11.4 Å². The molecule has 0 aliphatic rings. The number of nitro benzene ring substituents is 2. The SMILES string of the molecule is CCC(C)c1c([N+](=O)[O-])ccc(O)c1[N+](=O)[O-]. The normalized spacial score (nSPS) is 12.1. The lowest BCUT2D eigenvalue weighted by atomic mass is 9.94. The first kappa shape index (κ1) is 12.9. The summed E-state index contributed by atoms with van der Waals surface area (Å²) in [4.78, 5) is 20.2. The number of rotatable bonds is 4. The molecule has 0 aliphatic carbocycles. The average molecular weight is 240 g/mol. The Hall–Kier alpha value is -2.18. The van der Waals surface area contributed by atoms with Crippen LogP contribution in [-0.4, -0.2) is 15.0 Å². The molecule has 1 unspecified atom stereocenters. The molecule has 0 radical (unpaired) electrons. The number of nitrogens with zero attached hydrogens (tertiary/aromatic N) is 2. The van der Waals surface area contributed by atoms with E-state index < -0.39 is 21.3 Å². The standard InChI is InChI=1S/C10H12N2O5/c1-3-6(2)9-7(11(14)15)4-5-8(13)10(9)12(16)17/h4-6,13H,3H2,1-2H3. The molecule has 1 rings (SSSR count). The van der Waals surface area contributed by atoms with Gasteiger partial charge in [0.15, 0.2) is 5.75 Å². The maximum atomic E-state index is 10.9. The first-order valence-corrected chi connectivity index (χ1v) is 5.04.